The maximum Gasteiger partial charge on any atom is 0.190 e. The molecule has 0 bridgehead atoms. The summed E-state index contributed by atoms with van der Waals surface area (Å²) in [5.41, 5.74) is 0. The van der Waals surface area contributed by atoms with Gasteiger partial charge in [-0.3, -0.25) is 0 Å². The molecule has 5 heteroatoms. The summed E-state index contributed by atoms with van der Waals surface area (Å²) in [4.78, 5) is 0. The highest BCUT2D eigenvalue weighted by Gasteiger charge is 2.25. The van der Waals surface area contributed by atoms with Crippen LogP contribution in [0.2, 0.25) is 0 Å². The van der Waals surface area contributed by atoms with Gasteiger partial charge in [-0.25, -0.2) is 8.78 Å². The van der Waals surface area contributed by atoms with Gasteiger partial charge >= 0.3 is 0 Å². The minimum Gasteiger partial charge on any atom is -0.485 e. The first-order chi connectivity index (χ1) is 8.18. The Kier molecular flexibility index (Phi) is 3.91. The van der Waals surface area contributed by atoms with Crippen LogP contribution in [-0.2, 0) is 4.74 Å². The molecule has 3 nitrogen and oxygen atoms in total. The van der Waals surface area contributed by atoms with Crippen LogP contribution in [0.15, 0.2) is 18.2 Å². The lowest BCUT2D eigenvalue weighted by Gasteiger charge is -2.17. The number of halogens is 2. The van der Waals surface area contributed by atoms with Crippen LogP contribution in [0.25, 0.3) is 0 Å². The zero-order valence-corrected chi connectivity index (χ0v) is 9.23. The second kappa shape index (κ2) is 5.42. The van der Waals surface area contributed by atoms with E-state index in [1.54, 1.807) is 0 Å². The highest BCUT2D eigenvalue weighted by Crippen LogP contribution is 2.23. The van der Waals surface area contributed by atoms with E-state index in [9.17, 15) is 13.9 Å². The maximum absolute atomic E-state index is 13.2. The molecule has 0 saturated carbocycles. The van der Waals surface area contributed by atoms with E-state index in [1.165, 1.54) is 6.07 Å². The van der Waals surface area contributed by atoms with Gasteiger partial charge in [0.05, 0.1) is 12.7 Å². The van der Waals surface area contributed by atoms with Gasteiger partial charge < -0.3 is 14.6 Å². The first-order valence-corrected chi connectivity index (χ1v) is 5.51. The van der Waals surface area contributed by atoms with Gasteiger partial charge in [0.1, 0.15) is 6.61 Å². The fraction of sp³-hybridized carbons (Fsp3) is 0.500. The van der Waals surface area contributed by atoms with Gasteiger partial charge in [-0.1, -0.05) is 6.07 Å². The summed E-state index contributed by atoms with van der Waals surface area (Å²) in [5, 5.41) is 9.74. The fourth-order valence-corrected chi connectivity index (χ4v) is 1.78. The Morgan fingerprint density at radius 1 is 1.41 bits per heavy atom. The molecule has 2 rings (SSSR count). The Bertz CT molecular complexity index is 358. The molecule has 0 spiro atoms. The summed E-state index contributed by atoms with van der Waals surface area (Å²) in [6.07, 6.45) is -0.0268. The third kappa shape index (κ3) is 2.92. The van der Waals surface area contributed by atoms with Crippen molar-refractivity contribution in [2.75, 3.05) is 19.8 Å². The molecule has 2 atom stereocenters. The minimum atomic E-state index is -0.767. The lowest BCUT2D eigenvalue weighted by molar-refractivity contribution is 0.0473. The average Bonchev–Trinajstić information content (AvgIpc) is 2.81. The van der Waals surface area contributed by atoms with Gasteiger partial charge in [0.15, 0.2) is 17.4 Å². The normalized spacial score (nSPS) is 21.5. The maximum atomic E-state index is 13.2. The molecular formula is C12H14F2O3. The molecule has 17 heavy (non-hydrogen) atoms. The van der Waals surface area contributed by atoms with Crippen LogP contribution in [0.5, 0.6) is 5.75 Å². The number of aliphatic hydroxyl groups is 1. The molecule has 1 saturated heterocycles. The van der Waals surface area contributed by atoms with Crippen LogP contribution in [0.3, 0.4) is 0 Å². The van der Waals surface area contributed by atoms with Gasteiger partial charge in [0.2, 0.25) is 0 Å². The van der Waals surface area contributed by atoms with Crippen LogP contribution in [-0.4, -0.2) is 31.0 Å². The predicted molar refractivity (Wildman–Crippen MR) is 56.8 cm³/mol. The Morgan fingerprint density at radius 2 is 2.12 bits per heavy atom. The average molecular weight is 244 g/mol. The molecule has 1 aromatic rings. The van der Waals surface area contributed by atoms with Crippen molar-refractivity contribution >= 4 is 0 Å². The number of ether oxygens (including phenoxy) is 2. The SMILES string of the molecule is OC(COc1c(F)cccc1F)C1CCOC1. The Morgan fingerprint density at radius 3 is 2.71 bits per heavy atom. The summed E-state index contributed by atoms with van der Waals surface area (Å²) in [6.45, 7) is 0.936. The van der Waals surface area contributed by atoms with E-state index >= 15 is 0 Å². The highest BCUT2D eigenvalue weighted by atomic mass is 19.1. The molecule has 1 fully saturated rings. The number of benzene rings is 1. The first-order valence-electron chi connectivity index (χ1n) is 5.51. The van der Waals surface area contributed by atoms with Crippen molar-refractivity contribution in [3.63, 3.8) is 0 Å². The van der Waals surface area contributed by atoms with E-state index in [0.717, 1.165) is 18.6 Å². The van der Waals surface area contributed by atoms with Gasteiger partial charge in [-0.2, -0.15) is 0 Å². The van der Waals surface area contributed by atoms with Crippen LogP contribution >= 0.6 is 0 Å². The molecule has 1 N–H and O–H groups in total. The third-order valence-electron chi connectivity index (χ3n) is 2.83. The quantitative estimate of drug-likeness (QED) is 0.876. The largest absolute Gasteiger partial charge is 0.485 e. The van der Waals surface area contributed by atoms with E-state index in [4.69, 9.17) is 9.47 Å². The van der Waals surface area contributed by atoms with E-state index in [-0.39, 0.29) is 12.5 Å². The smallest absolute Gasteiger partial charge is 0.190 e. The van der Waals surface area contributed by atoms with Crippen molar-refractivity contribution < 1.29 is 23.4 Å². The Balaban J connectivity index is 1.92. The van der Waals surface area contributed by atoms with Gasteiger partial charge in [0, 0.05) is 12.5 Å². The Labute approximate surface area is 98.0 Å². The molecule has 0 amide bonds. The number of aliphatic hydroxyl groups excluding tert-OH is 1. The molecule has 94 valence electrons. The second-order valence-corrected chi connectivity index (χ2v) is 4.05. The van der Waals surface area contributed by atoms with Crippen molar-refractivity contribution in [3.8, 4) is 5.75 Å². The van der Waals surface area contributed by atoms with E-state index < -0.39 is 23.5 Å². The summed E-state index contributed by atoms with van der Waals surface area (Å²) >= 11 is 0. The molecule has 1 aromatic carbocycles. The Hall–Kier alpha value is -1.20. The first kappa shape index (κ1) is 12.3. The van der Waals surface area contributed by atoms with Crippen molar-refractivity contribution in [2.24, 2.45) is 5.92 Å². The fourth-order valence-electron chi connectivity index (χ4n) is 1.78. The molecule has 0 aliphatic carbocycles. The van der Waals surface area contributed by atoms with Crippen molar-refractivity contribution in [1.82, 2.24) is 0 Å². The van der Waals surface area contributed by atoms with Gasteiger partial charge in [0.25, 0.3) is 0 Å². The van der Waals surface area contributed by atoms with Crippen molar-refractivity contribution in [3.05, 3.63) is 29.8 Å². The molecule has 0 radical (unpaired) electrons. The lowest BCUT2D eigenvalue weighted by Crippen LogP contribution is -2.27. The monoisotopic (exact) mass is 244 g/mol. The number of rotatable bonds is 4. The molecule has 0 aromatic heterocycles. The summed E-state index contributed by atoms with van der Waals surface area (Å²) in [7, 11) is 0. The van der Waals surface area contributed by atoms with E-state index in [2.05, 4.69) is 0 Å². The molecule has 1 aliphatic heterocycles. The van der Waals surface area contributed by atoms with E-state index in [1.807, 2.05) is 0 Å². The van der Waals surface area contributed by atoms with Crippen LogP contribution < -0.4 is 4.74 Å². The molecule has 1 aliphatic rings. The van der Waals surface area contributed by atoms with Crippen molar-refractivity contribution in [2.45, 2.75) is 12.5 Å². The predicted octanol–water partition coefficient (Wildman–Crippen LogP) is 1.74. The van der Waals surface area contributed by atoms with E-state index in [0.29, 0.717) is 13.2 Å². The summed E-state index contributed by atoms with van der Waals surface area (Å²) in [5.74, 6) is -1.99. The molecule has 1 heterocycles. The van der Waals surface area contributed by atoms with Crippen molar-refractivity contribution in [1.29, 1.82) is 0 Å². The van der Waals surface area contributed by atoms with Gasteiger partial charge in [-0.15, -0.1) is 0 Å². The summed E-state index contributed by atoms with van der Waals surface area (Å²) < 4.78 is 36.5. The number of hydrogen-bond acceptors (Lipinski definition) is 3. The van der Waals surface area contributed by atoms with Crippen LogP contribution in [0.4, 0.5) is 8.78 Å². The zero-order chi connectivity index (χ0) is 12.3. The zero-order valence-electron chi connectivity index (χ0n) is 9.23. The summed E-state index contributed by atoms with van der Waals surface area (Å²) in [6, 6.07) is 3.49. The standard InChI is InChI=1S/C12H14F2O3/c13-9-2-1-3-10(14)12(9)17-7-11(15)8-4-5-16-6-8/h1-3,8,11,15H,4-7H2. The highest BCUT2D eigenvalue weighted by molar-refractivity contribution is 5.26. The molecule has 2 unspecified atom stereocenters. The minimum absolute atomic E-state index is 0.0233. The van der Waals surface area contributed by atoms with Crippen LogP contribution in [0.1, 0.15) is 6.42 Å². The van der Waals surface area contributed by atoms with Crippen LogP contribution in [0, 0.1) is 17.6 Å². The lowest BCUT2D eigenvalue weighted by atomic mass is 10.0. The third-order valence-corrected chi connectivity index (χ3v) is 2.83. The van der Waals surface area contributed by atoms with Gasteiger partial charge in [-0.05, 0) is 18.6 Å². The number of para-hydroxylation sites is 1. The number of hydrogen-bond donors (Lipinski definition) is 1. The topological polar surface area (TPSA) is 38.7 Å². The second-order valence-electron chi connectivity index (χ2n) is 4.05. The molecular weight excluding hydrogens is 230 g/mol.